The summed E-state index contributed by atoms with van der Waals surface area (Å²) in [5, 5.41) is 5.22. The molecule has 8 nitrogen and oxygen atoms in total. The van der Waals surface area contributed by atoms with Crippen LogP contribution in [0.3, 0.4) is 0 Å². The first kappa shape index (κ1) is 22.7. The maximum atomic E-state index is 12.3. The number of carbonyl (C=O) groups is 3. The van der Waals surface area contributed by atoms with Crippen LogP contribution < -0.4 is 20.1 Å². The molecule has 8 heteroatoms. The van der Waals surface area contributed by atoms with Crippen LogP contribution in [0.15, 0.2) is 36.4 Å². The van der Waals surface area contributed by atoms with E-state index in [4.69, 9.17) is 14.2 Å². The summed E-state index contributed by atoms with van der Waals surface area (Å²) < 4.78 is 15.2. The molecule has 0 radical (unpaired) electrons. The van der Waals surface area contributed by atoms with E-state index in [1.165, 1.54) is 26.4 Å². The molecule has 2 N–H and O–H groups in total. The minimum absolute atomic E-state index is 0.267. The minimum Gasteiger partial charge on any atom is -0.497 e. The summed E-state index contributed by atoms with van der Waals surface area (Å²) >= 11 is 0. The number of carbonyl (C=O) groups excluding carboxylic acids is 3. The average Bonchev–Trinajstić information content (AvgIpc) is 2.76. The van der Waals surface area contributed by atoms with Crippen LogP contribution in [0.5, 0.6) is 11.5 Å². The van der Waals surface area contributed by atoms with E-state index in [2.05, 4.69) is 10.6 Å². The fourth-order valence-electron chi connectivity index (χ4n) is 2.77. The molecule has 0 fully saturated rings. The summed E-state index contributed by atoms with van der Waals surface area (Å²) in [6.07, 6.45) is 0.762. The van der Waals surface area contributed by atoms with Crippen molar-refractivity contribution >= 4 is 23.5 Å². The average molecular weight is 414 g/mol. The van der Waals surface area contributed by atoms with Crippen LogP contribution in [0.4, 0.5) is 5.69 Å². The topological polar surface area (TPSA) is 103 Å². The molecular formula is C22H26N2O6. The number of methoxy groups -OCH3 is 2. The van der Waals surface area contributed by atoms with Crippen LogP contribution in [0.25, 0.3) is 0 Å². The monoisotopic (exact) mass is 414 g/mol. The van der Waals surface area contributed by atoms with Crippen LogP contribution in [-0.2, 0) is 20.7 Å². The van der Waals surface area contributed by atoms with E-state index in [1.54, 1.807) is 6.07 Å². The molecule has 0 aliphatic carbocycles. The lowest BCUT2D eigenvalue weighted by Gasteiger charge is -2.13. The fraction of sp³-hybridized carbons (Fsp3) is 0.318. The zero-order valence-corrected chi connectivity index (χ0v) is 17.5. The molecule has 0 aromatic heterocycles. The number of ether oxygens (including phenoxy) is 3. The normalized spacial score (nSPS) is 10.1. The molecule has 0 bridgehead atoms. The van der Waals surface area contributed by atoms with E-state index in [0.717, 1.165) is 23.2 Å². The molecule has 0 spiro atoms. The van der Waals surface area contributed by atoms with Crippen molar-refractivity contribution < 1.29 is 28.6 Å². The van der Waals surface area contributed by atoms with Gasteiger partial charge >= 0.3 is 5.97 Å². The molecule has 0 unspecified atom stereocenters. The molecule has 2 aromatic carbocycles. The predicted molar refractivity (Wildman–Crippen MR) is 112 cm³/mol. The van der Waals surface area contributed by atoms with Crippen molar-refractivity contribution in [2.45, 2.75) is 20.3 Å². The Balaban J connectivity index is 1.85. The molecule has 0 heterocycles. The zero-order chi connectivity index (χ0) is 22.1. The standard InChI is InChI=1S/C22H26N2O6/c1-5-15-8-6-7-14(2)21(15)24-19(25)13-30-20(26)12-23-22(27)16-9-17(28-3)11-18(10-16)29-4/h6-11H,5,12-13H2,1-4H3,(H,23,27)(H,24,25). The molecule has 30 heavy (non-hydrogen) atoms. The third-order valence-electron chi connectivity index (χ3n) is 4.38. The first-order valence-corrected chi connectivity index (χ1v) is 9.43. The van der Waals surface area contributed by atoms with E-state index in [0.29, 0.717) is 11.5 Å². The Morgan fingerprint density at radius 2 is 1.67 bits per heavy atom. The zero-order valence-electron chi connectivity index (χ0n) is 17.5. The molecule has 0 atom stereocenters. The van der Waals surface area contributed by atoms with Gasteiger partial charge in [-0.3, -0.25) is 14.4 Å². The van der Waals surface area contributed by atoms with Crippen LogP contribution in [0, 0.1) is 6.92 Å². The van der Waals surface area contributed by atoms with Gasteiger partial charge in [0.05, 0.1) is 14.2 Å². The van der Waals surface area contributed by atoms with Gasteiger partial charge in [0.25, 0.3) is 11.8 Å². The van der Waals surface area contributed by atoms with Crippen molar-refractivity contribution in [2.75, 3.05) is 32.7 Å². The molecule has 0 saturated heterocycles. The lowest BCUT2D eigenvalue weighted by atomic mass is 10.1. The second-order valence-corrected chi connectivity index (χ2v) is 6.46. The molecule has 2 rings (SSSR count). The number of aryl methyl sites for hydroxylation is 2. The van der Waals surface area contributed by atoms with Crippen molar-refractivity contribution in [3.05, 3.63) is 53.1 Å². The van der Waals surface area contributed by atoms with Gasteiger partial charge in [-0.2, -0.15) is 0 Å². The van der Waals surface area contributed by atoms with E-state index in [-0.39, 0.29) is 12.1 Å². The van der Waals surface area contributed by atoms with Gasteiger partial charge in [0.2, 0.25) is 0 Å². The molecule has 0 saturated carbocycles. The van der Waals surface area contributed by atoms with Crippen LogP contribution in [0.1, 0.15) is 28.4 Å². The van der Waals surface area contributed by atoms with Gasteiger partial charge in [-0.15, -0.1) is 0 Å². The Bertz CT molecular complexity index is 904. The Morgan fingerprint density at radius 3 is 2.27 bits per heavy atom. The van der Waals surface area contributed by atoms with E-state index < -0.39 is 24.4 Å². The summed E-state index contributed by atoms with van der Waals surface area (Å²) in [7, 11) is 2.94. The molecular weight excluding hydrogens is 388 g/mol. The van der Waals surface area contributed by atoms with Crippen LogP contribution in [0.2, 0.25) is 0 Å². The van der Waals surface area contributed by atoms with Crippen molar-refractivity contribution in [3.63, 3.8) is 0 Å². The van der Waals surface area contributed by atoms with E-state index in [1.807, 2.05) is 32.0 Å². The maximum Gasteiger partial charge on any atom is 0.325 e. The highest BCUT2D eigenvalue weighted by Crippen LogP contribution is 2.22. The Morgan fingerprint density at radius 1 is 1.00 bits per heavy atom. The third kappa shape index (κ3) is 6.23. The summed E-state index contributed by atoms with van der Waals surface area (Å²) in [4.78, 5) is 36.3. The molecule has 2 aromatic rings. The summed E-state index contributed by atoms with van der Waals surface area (Å²) in [6, 6.07) is 10.4. The number of benzene rings is 2. The summed E-state index contributed by atoms with van der Waals surface area (Å²) in [5.41, 5.74) is 2.91. The van der Waals surface area contributed by atoms with Crippen LogP contribution in [-0.4, -0.2) is 45.2 Å². The van der Waals surface area contributed by atoms with Crippen molar-refractivity contribution in [3.8, 4) is 11.5 Å². The fourth-order valence-corrected chi connectivity index (χ4v) is 2.77. The number of nitrogens with one attached hydrogen (secondary N) is 2. The maximum absolute atomic E-state index is 12.3. The van der Waals surface area contributed by atoms with Crippen LogP contribution >= 0.6 is 0 Å². The number of rotatable bonds is 9. The molecule has 0 aliphatic heterocycles. The Labute approximate surface area is 175 Å². The van der Waals surface area contributed by atoms with Gasteiger partial charge in [-0.1, -0.05) is 25.1 Å². The number of hydrogen-bond donors (Lipinski definition) is 2. The van der Waals surface area contributed by atoms with E-state index in [9.17, 15) is 14.4 Å². The lowest BCUT2D eigenvalue weighted by Crippen LogP contribution is -2.32. The number of anilines is 1. The van der Waals surface area contributed by atoms with Gasteiger partial charge in [-0.25, -0.2) is 0 Å². The number of amides is 2. The highest BCUT2D eigenvalue weighted by atomic mass is 16.5. The Hall–Kier alpha value is -3.55. The highest BCUT2D eigenvalue weighted by molar-refractivity contribution is 5.97. The molecule has 0 aliphatic rings. The lowest BCUT2D eigenvalue weighted by molar-refractivity contribution is -0.146. The van der Waals surface area contributed by atoms with Gasteiger partial charge in [0.15, 0.2) is 6.61 Å². The quantitative estimate of drug-likeness (QED) is 0.611. The van der Waals surface area contributed by atoms with Gasteiger partial charge in [0, 0.05) is 17.3 Å². The van der Waals surface area contributed by atoms with Gasteiger partial charge in [-0.05, 0) is 36.6 Å². The number of hydrogen-bond acceptors (Lipinski definition) is 6. The largest absolute Gasteiger partial charge is 0.497 e. The number of esters is 1. The molecule has 2 amide bonds. The predicted octanol–water partition coefficient (Wildman–Crippen LogP) is 2.49. The summed E-state index contributed by atoms with van der Waals surface area (Å²) in [5.74, 6) is -0.783. The first-order chi connectivity index (χ1) is 14.4. The summed E-state index contributed by atoms with van der Waals surface area (Å²) in [6.45, 7) is 3.06. The van der Waals surface area contributed by atoms with Crippen molar-refractivity contribution in [1.82, 2.24) is 5.32 Å². The third-order valence-corrected chi connectivity index (χ3v) is 4.38. The number of para-hydroxylation sites is 1. The Kier molecular flexibility index (Phi) is 8.22. The van der Waals surface area contributed by atoms with Crippen molar-refractivity contribution in [1.29, 1.82) is 0 Å². The van der Waals surface area contributed by atoms with Crippen molar-refractivity contribution in [2.24, 2.45) is 0 Å². The SMILES string of the molecule is CCc1cccc(C)c1NC(=O)COC(=O)CNC(=O)c1cc(OC)cc(OC)c1. The smallest absolute Gasteiger partial charge is 0.325 e. The first-order valence-electron chi connectivity index (χ1n) is 9.43. The van der Waals surface area contributed by atoms with Gasteiger partial charge < -0.3 is 24.8 Å². The van der Waals surface area contributed by atoms with Gasteiger partial charge in [0.1, 0.15) is 18.0 Å². The second kappa shape index (κ2) is 10.8. The van der Waals surface area contributed by atoms with E-state index >= 15 is 0 Å². The minimum atomic E-state index is -0.728. The molecule has 160 valence electrons. The second-order valence-electron chi connectivity index (χ2n) is 6.46. The highest BCUT2D eigenvalue weighted by Gasteiger charge is 2.14.